The van der Waals surface area contributed by atoms with E-state index in [4.69, 9.17) is 16.3 Å². The summed E-state index contributed by atoms with van der Waals surface area (Å²) in [4.78, 5) is 46.6. The number of benzene rings is 2. The molecule has 2 aromatic heterocycles. The van der Waals surface area contributed by atoms with Gasteiger partial charge < -0.3 is 14.8 Å². The molecule has 0 aliphatic heterocycles. The molecule has 0 spiro atoms. The molecule has 3 N–H and O–H groups in total. The first-order valence-electron chi connectivity index (χ1n) is 9.89. The van der Waals surface area contributed by atoms with Crippen molar-refractivity contribution < 1.29 is 14.6 Å². The van der Waals surface area contributed by atoms with Crippen LogP contribution in [0.1, 0.15) is 11.1 Å². The minimum Gasteiger partial charge on any atom is -0.493 e. The molecule has 0 aliphatic rings. The Bertz CT molecular complexity index is 1470. The molecule has 10 heteroatoms. The number of methoxy groups -OCH3 is 1. The minimum atomic E-state index is -0.982. The van der Waals surface area contributed by atoms with Gasteiger partial charge in [0, 0.05) is 34.8 Å². The number of aromatic amines is 2. The van der Waals surface area contributed by atoms with Crippen LogP contribution in [0.15, 0.2) is 69.3 Å². The second-order valence-electron chi connectivity index (χ2n) is 7.19. The maximum absolute atomic E-state index is 12.4. The third-order valence-electron chi connectivity index (χ3n) is 5.15. The van der Waals surface area contributed by atoms with Gasteiger partial charge >= 0.3 is 11.7 Å². The summed E-state index contributed by atoms with van der Waals surface area (Å²) < 4.78 is 5.78. The number of carbonyl (C=O) groups is 1. The normalized spacial score (nSPS) is 12.3. The number of H-pyrrole nitrogens is 2. The number of rotatable bonds is 6. The van der Waals surface area contributed by atoms with Gasteiger partial charge in [0.2, 0.25) is 5.88 Å². The Morgan fingerprint density at radius 1 is 1.21 bits per heavy atom. The molecule has 1 atom stereocenters. The minimum absolute atomic E-state index is 0.197. The van der Waals surface area contributed by atoms with E-state index in [1.54, 1.807) is 6.20 Å². The fourth-order valence-electron chi connectivity index (χ4n) is 3.49. The zero-order valence-electron chi connectivity index (χ0n) is 17.4. The van der Waals surface area contributed by atoms with Crippen molar-refractivity contribution in [2.75, 3.05) is 7.11 Å². The monoisotopic (exact) mass is 466 g/mol. The van der Waals surface area contributed by atoms with Crippen LogP contribution in [0.25, 0.3) is 16.6 Å². The lowest BCUT2D eigenvalue weighted by Gasteiger charge is -2.11. The second kappa shape index (κ2) is 9.17. The standard InChI is InChI=1S/C23H19ClN4O5/c1-33-22(31)19(10-13-11-25-18-5-3-2-4-16(13)18)26-12-17-20(29)27-23(32)28(21(17)30)15-8-6-14(24)7-9-15/h2-9,11-12,19,25,30H,10H2,1H3,(H,27,29,32)/t19-/m1/s1. The summed E-state index contributed by atoms with van der Waals surface area (Å²) in [6, 6.07) is 12.7. The third-order valence-corrected chi connectivity index (χ3v) is 5.40. The van der Waals surface area contributed by atoms with Gasteiger partial charge in [-0.25, -0.2) is 14.2 Å². The summed E-state index contributed by atoms with van der Waals surface area (Å²) in [5.74, 6) is -1.23. The second-order valence-corrected chi connectivity index (χ2v) is 7.63. The summed E-state index contributed by atoms with van der Waals surface area (Å²) in [6.07, 6.45) is 3.04. The Balaban J connectivity index is 1.72. The Morgan fingerprint density at radius 2 is 1.94 bits per heavy atom. The van der Waals surface area contributed by atoms with Crippen LogP contribution in [0.5, 0.6) is 5.88 Å². The molecule has 2 aromatic carbocycles. The molecule has 2 heterocycles. The van der Waals surface area contributed by atoms with Gasteiger partial charge in [0.25, 0.3) is 5.56 Å². The van der Waals surface area contributed by atoms with Gasteiger partial charge in [-0.15, -0.1) is 0 Å². The molecular formula is C23H19ClN4O5. The molecule has 0 amide bonds. The SMILES string of the molecule is COC(=O)[C@@H](Cc1c[nH]c2ccccc12)N=Cc1c(O)n(-c2ccc(Cl)cc2)c(=O)[nH]c1=O. The van der Waals surface area contributed by atoms with Crippen LogP contribution in [0, 0.1) is 0 Å². The zero-order chi connectivity index (χ0) is 23.5. The smallest absolute Gasteiger partial charge is 0.335 e. The Morgan fingerprint density at radius 3 is 2.67 bits per heavy atom. The van der Waals surface area contributed by atoms with E-state index >= 15 is 0 Å². The van der Waals surface area contributed by atoms with Crippen LogP contribution in [-0.2, 0) is 16.0 Å². The lowest BCUT2D eigenvalue weighted by molar-refractivity contribution is -0.142. The number of ether oxygens (including phenoxy) is 1. The van der Waals surface area contributed by atoms with Gasteiger partial charge in [-0.3, -0.25) is 14.8 Å². The van der Waals surface area contributed by atoms with Crippen LogP contribution in [0.4, 0.5) is 0 Å². The van der Waals surface area contributed by atoms with E-state index < -0.39 is 29.1 Å². The Hall–Kier alpha value is -4.11. The van der Waals surface area contributed by atoms with Crippen molar-refractivity contribution >= 4 is 34.7 Å². The third kappa shape index (κ3) is 4.44. The molecule has 33 heavy (non-hydrogen) atoms. The maximum Gasteiger partial charge on any atom is 0.335 e. The van der Waals surface area contributed by atoms with Crippen LogP contribution < -0.4 is 11.2 Å². The van der Waals surface area contributed by atoms with Crippen LogP contribution in [0.2, 0.25) is 5.02 Å². The lowest BCUT2D eigenvalue weighted by Crippen LogP contribution is -2.31. The number of aliphatic imine (C=N–C) groups is 1. The topological polar surface area (TPSA) is 130 Å². The Kier molecular flexibility index (Phi) is 6.14. The number of hydrogen-bond donors (Lipinski definition) is 3. The summed E-state index contributed by atoms with van der Waals surface area (Å²) in [5.41, 5.74) is 0.0718. The number of aromatic hydroxyl groups is 1. The van der Waals surface area contributed by atoms with Crippen molar-refractivity contribution in [3.8, 4) is 11.6 Å². The summed E-state index contributed by atoms with van der Waals surface area (Å²) in [6.45, 7) is 0. The molecule has 4 rings (SSSR count). The fraction of sp³-hybridized carbons (Fsp3) is 0.130. The van der Waals surface area contributed by atoms with Crippen LogP contribution in [0.3, 0.4) is 0 Å². The molecule has 4 aromatic rings. The number of carbonyl (C=O) groups excluding carboxylic acids is 1. The number of fused-ring (bicyclic) bond motifs is 1. The number of aromatic nitrogens is 3. The highest BCUT2D eigenvalue weighted by Crippen LogP contribution is 2.21. The van der Waals surface area contributed by atoms with E-state index in [0.717, 1.165) is 27.2 Å². The van der Waals surface area contributed by atoms with E-state index in [9.17, 15) is 19.5 Å². The van der Waals surface area contributed by atoms with Crippen LogP contribution >= 0.6 is 11.6 Å². The van der Waals surface area contributed by atoms with Gasteiger partial charge in [0.1, 0.15) is 5.56 Å². The molecule has 0 radical (unpaired) electrons. The van der Waals surface area contributed by atoms with Gasteiger partial charge in [0.15, 0.2) is 6.04 Å². The molecule has 0 fully saturated rings. The summed E-state index contributed by atoms with van der Waals surface area (Å²) in [7, 11) is 1.24. The van der Waals surface area contributed by atoms with Crippen molar-refractivity contribution in [2.45, 2.75) is 12.5 Å². The highest BCUT2D eigenvalue weighted by atomic mass is 35.5. The predicted octanol–water partition coefficient (Wildman–Crippen LogP) is 2.57. The number of halogens is 1. The quantitative estimate of drug-likeness (QED) is 0.297. The maximum atomic E-state index is 12.4. The van der Waals surface area contributed by atoms with E-state index in [-0.39, 0.29) is 17.7 Å². The predicted molar refractivity (Wildman–Crippen MR) is 125 cm³/mol. The van der Waals surface area contributed by atoms with Crippen molar-refractivity contribution in [2.24, 2.45) is 4.99 Å². The van der Waals surface area contributed by atoms with Gasteiger partial charge in [-0.1, -0.05) is 29.8 Å². The molecule has 0 saturated heterocycles. The Labute approximate surface area is 192 Å². The van der Waals surface area contributed by atoms with Crippen molar-refractivity contribution in [3.63, 3.8) is 0 Å². The van der Waals surface area contributed by atoms with Crippen molar-refractivity contribution in [3.05, 3.63) is 91.7 Å². The van der Waals surface area contributed by atoms with E-state index in [0.29, 0.717) is 5.02 Å². The largest absolute Gasteiger partial charge is 0.493 e. The number of nitrogens with one attached hydrogen (secondary N) is 2. The fourth-order valence-corrected chi connectivity index (χ4v) is 3.62. The number of hydrogen-bond acceptors (Lipinski definition) is 6. The number of esters is 1. The average Bonchev–Trinajstić information content (AvgIpc) is 3.21. The van der Waals surface area contributed by atoms with E-state index in [1.807, 2.05) is 24.3 Å². The summed E-state index contributed by atoms with van der Waals surface area (Å²) in [5, 5.41) is 12.0. The highest BCUT2D eigenvalue weighted by molar-refractivity contribution is 6.30. The van der Waals surface area contributed by atoms with Crippen LogP contribution in [-0.4, -0.2) is 45.0 Å². The van der Waals surface area contributed by atoms with Gasteiger partial charge in [-0.2, -0.15) is 0 Å². The molecule has 0 aliphatic carbocycles. The zero-order valence-corrected chi connectivity index (χ0v) is 18.2. The van der Waals surface area contributed by atoms with Gasteiger partial charge in [-0.05, 0) is 35.9 Å². The molecule has 0 saturated carbocycles. The van der Waals surface area contributed by atoms with E-state index in [1.165, 1.54) is 31.4 Å². The lowest BCUT2D eigenvalue weighted by atomic mass is 10.1. The molecule has 168 valence electrons. The van der Waals surface area contributed by atoms with Crippen molar-refractivity contribution in [1.82, 2.24) is 14.5 Å². The van der Waals surface area contributed by atoms with Crippen molar-refractivity contribution in [1.29, 1.82) is 0 Å². The number of para-hydroxylation sites is 1. The first-order valence-corrected chi connectivity index (χ1v) is 10.3. The molecular weight excluding hydrogens is 448 g/mol. The summed E-state index contributed by atoms with van der Waals surface area (Å²) >= 11 is 5.88. The highest BCUT2D eigenvalue weighted by Gasteiger charge is 2.21. The first-order chi connectivity index (χ1) is 15.9. The average molecular weight is 467 g/mol. The molecule has 0 unspecified atom stereocenters. The van der Waals surface area contributed by atoms with Gasteiger partial charge in [0.05, 0.1) is 12.8 Å². The van der Waals surface area contributed by atoms with E-state index in [2.05, 4.69) is 15.0 Å². The molecule has 0 bridgehead atoms. The first kappa shape index (κ1) is 22.1. The molecule has 9 nitrogen and oxygen atoms in total. The number of nitrogens with zero attached hydrogens (tertiary/aromatic N) is 2.